The van der Waals surface area contributed by atoms with E-state index in [2.05, 4.69) is 97.4 Å². The van der Waals surface area contributed by atoms with E-state index in [0.717, 1.165) is 12.4 Å². The molecule has 0 saturated heterocycles. The van der Waals surface area contributed by atoms with Crippen molar-refractivity contribution in [3.8, 4) is 0 Å². The van der Waals surface area contributed by atoms with Crippen LogP contribution < -0.4 is 16.0 Å². The number of fused-ring (bicyclic) bond motifs is 4. The van der Waals surface area contributed by atoms with Crippen LogP contribution in [-0.4, -0.2) is 17.8 Å². The summed E-state index contributed by atoms with van der Waals surface area (Å²) in [5.74, 6) is 0.983. The number of benzene rings is 2. The Morgan fingerprint density at radius 2 is 1.84 bits per heavy atom. The quantitative estimate of drug-likeness (QED) is 0.614. The lowest BCUT2D eigenvalue weighted by Crippen LogP contribution is -2.37. The summed E-state index contributed by atoms with van der Waals surface area (Å²) in [6, 6.07) is 17.3. The molecule has 0 radical (unpaired) electrons. The first-order chi connectivity index (χ1) is 15.0. The van der Waals surface area contributed by atoms with E-state index in [-0.39, 0.29) is 16.8 Å². The number of allylic oxidation sites excluding steroid dienone is 3. The number of hydrogen-bond donors (Lipinski definition) is 3. The molecule has 0 amide bonds. The number of para-hydroxylation sites is 1. The van der Waals surface area contributed by atoms with Gasteiger partial charge in [-0.15, -0.1) is 0 Å². The minimum Gasteiger partial charge on any atom is -0.382 e. The van der Waals surface area contributed by atoms with Crippen LogP contribution in [0.2, 0.25) is 0 Å². The molecule has 5 heteroatoms. The number of nitrogens with zero attached hydrogens (tertiary/aromatic N) is 1. The fourth-order valence-electron chi connectivity index (χ4n) is 5.30. The number of hydrogen-bond acceptors (Lipinski definition) is 5. The molecule has 2 unspecified atom stereocenters. The smallest absolute Gasteiger partial charge is 0.131 e. The van der Waals surface area contributed by atoms with Crippen molar-refractivity contribution in [1.82, 2.24) is 10.6 Å². The maximum atomic E-state index is 5.20. The van der Waals surface area contributed by atoms with Crippen LogP contribution in [0.1, 0.15) is 37.9 Å². The zero-order valence-electron chi connectivity index (χ0n) is 18.0. The van der Waals surface area contributed by atoms with E-state index in [4.69, 9.17) is 4.99 Å². The first-order valence-electron chi connectivity index (χ1n) is 10.8. The normalized spacial score (nSPS) is 25.2. The van der Waals surface area contributed by atoms with Gasteiger partial charge in [0.15, 0.2) is 0 Å². The summed E-state index contributed by atoms with van der Waals surface area (Å²) in [6.07, 6.45) is 4.41. The molecule has 1 aliphatic carbocycles. The van der Waals surface area contributed by atoms with Gasteiger partial charge in [-0.3, -0.25) is 4.99 Å². The lowest BCUT2D eigenvalue weighted by molar-refractivity contribution is 0.598. The molecular weight excluding hydrogens is 400 g/mol. The van der Waals surface area contributed by atoms with Gasteiger partial charge in [0.05, 0.1) is 0 Å². The summed E-state index contributed by atoms with van der Waals surface area (Å²) in [7, 11) is 0. The second-order valence-corrected chi connectivity index (χ2v) is 10.2. The molecule has 0 aromatic heterocycles. The summed E-state index contributed by atoms with van der Waals surface area (Å²) in [5.41, 5.74) is 8.97. The van der Waals surface area contributed by atoms with Crippen LogP contribution in [0.15, 0.2) is 93.1 Å². The van der Waals surface area contributed by atoms with E-state index in [0.29, 0.717) is 0 Å². The van der Waals surface area contributed by atoms with Gasteiger partial charge in [-0.1, -0.05) is 68.1 Å². The van der Waals surface area contributed by atoms with E-state index in [1.807, 2.05) is 11.8 Å². The fraction of sp³-hybridized carbons (Fsp3) is 0.269. The molecule has 4 nitrogen and oxygen atoms in total. The SMILES string of the molecule is CC1=C2C(N=C(C3=CC=C(C4Nc5ccccc5S4)NC3)N1)c1ccccc1C2(C)C. The largest absolute Gasteiger partial charge is 0.382 e. The lowest BCUT2D eigenvalue weighted by atomic mass is 9.81. The van der Waals surface area contributed by atoms with Gasteiger partial charge in [-0.05, 0) is 41.8 Å². The van der Waals surface area contributed by atoms with E-state index < -0.39 is 0 Å². The number of dihydropyridines is 1. The Bertz CT molecular complexity index is 1190. The van der Waals surface area contributed by atoms with Crippen molar-refractivity contribution in [3.63, 3.8) is 0 Å². The van der Waals surface area contributed by atoms with Crippen LogP contribution in [0, 0.1) is 0 Å². The number of thioether (sulfide) groups is 1. The molecule has 2 atom stereocenters. The number of aliphatic imine (C=N–C) groups is 1. The Hall–Kier alpha value is -2.92. The van der Waals surface area contributed by atoms with Crippen LogP contribution >= 0.6 is 11.8 Å². The number of nitrogens with one attached hydrogen (secondary N) is 3. The Kier molecular flexibility index (Phi) is 4.12. The standard InChI is InChI=1S/C26H26N4S/c1-15-22-23(17-8-4-5-9-18(17)26(22,2)3)30-24(28-15)16-12-13-20(27-14-16)25-29-19-10-6-7-11-21(19)31-25/h4-13,23,25,27,29H,14H2,1-3H3,(H,28,30). The van der Waals surface area contributed by atoms with Crippen molar-refractivity contribution in [1.29, 1.82) is 0 Å². The van der Waals surface area contributed by atoms with Crippen LogP contribution in [0.25, 0.3) is 0 Å². The van der Waals surface area contributed by atoms with Gasteiger partial charge >= 0.3 is 0 Å². The highest BCUT2D eigenvalue weighted by molar-refractivity contribution is 8.00. The van der Waals surface area contributed by atoms with Crippen molar-refractivity contribution in [2.45, 2.75) is 42.5 Å². The van der Waals surface area contributed by atoms with Crippen molar-refractivity contribution in [2.24, 2.45) is 4.99 Å². The molecule has 4 aliphatic rings. The first-order valence-corrected chi connectivity index (χ1v) is 11.7. The van der Waals surface area contributed by atoms with Crippen molar-refractivity contribution in [3.05, 3.63) is 94.4 Å². The van der Waals surface area contributed by atoms with Crippen molar-refractivity contribution >= 4 is 23.3 Å². The number of amidine groups is 1. The van der Waals surface area contributed by atoms with Crippen LogP contribution in [0.4, 0.5) is 5.69 Å². The summed E-state index contributed by atoms with van der Waals surface area (Å²) in [4.78, 5) is 6.50. The molecule has 0 spiro atoms. The second-order valence-electron chi connectivity index (χ2n) is 9.06. The molecule has 6 rings (SSSR count). The van der Waals surface area contributed by atoms with Crippen molar-refractivity contribution < 1.29 is 0 Å². The van der Waals surface area contributed by atoms with Gasteiger partial charge in [-0.2, -0.15) is 0 Å². The van der Waals surface area contributed by atoms with E-state index in [1.165, 1.54) is 44.3 Å². The van der Waals surface area contributed by atoms with E-state index in [1.54, 1.807) is 0 Å². The minimum atomic E-state index is 0.0000129. The third kappa shape index (κ3) is 2.87. The van der Waals surface area contributed by atoms with E-state index >= 15 is 0 Å². The molecular formula is C26H26N4S. The molecule has 3 N–H and O–H groups in total. The fourth-order valence-corrected chi connectivity index (χ4v) is 6.44. The van der Waals surface area contributed by atoms with Gasteiger partial charge in [0.2, 0.25) is 0 Å². The van der Waals surface area contributed by atoms with Crippen molar-refractivity contribution in [2.75, 3.05) is 11.9 Å². The first kappa shape index (κ1) is 18.8. The molecule has 0 saturated carbocycles. The predicted octanol–water partition coefficient (Wildman–Crippen LogP) is 5.25. The maximum absolute atomic E-state index is 5.20. The zero-order valence-corrected chi connectivity index (χ0v) is 18.8. The molecule has 3 aliphatic heterocycles. The minimum absolute atomic E-state index is 0.0000129. The monoisotopic (exact) mass is 426 g/mol. The summed E-state index contributed by atoms with van der Waals surface area (Å²) in [5, 5.41) is 11.1. The highest BCUT2D eigenvalue weighted by Gasteiger charge is 2.44. The Labute approximate surface area is 187 Å². The maximum Gasteiger partial charge on any atom is 0.131 e. The molecule has 0 fully saturated rings. The Balaban J connectivity index is 1.29. The lowest BCUT2D eigenvalue weighted by Gasteiger charge is -2.31. The van der Waals surface area contributed by atoms with Gasteiger partial charge in [0, 0.05) is 39.5 Å². The topological polar surface area (TPSA) is 48.5 Å². The number of rotatable bonds is 2. The average molecular weight is 427 g/mol. The Morgan fingerprint density at radius 3 is 2.65 bits per heavy atom. The van der Waals surface area contributed by atoms with Gasteiger partial charge in [0.1, 0.15) is 17.3 Å². The highest BCUT2D eigenvalue weighted by atomic mass is 32.2. The summed E-state index contributed by atoms with van der Waals surface area (Å²) in [6.45, 7) is 7.59. The van der Waals surface area contributed by atoms with Crippen LogP contribution in [-0.2, 0) is 5.41 Å². The van der Waals surface area contributed by atoms with E-state index in [9.17, 15) is 0 Å². The molecule has 156 valence electrons. The molecule has 0 bridgehead atoms. The van der Waals surface area contributed by atoms with Crippen LogP contribution in [0.3, 0.4) is 0 Å². The predicted molar refractivity (Wildman–Crippen MR) is 129 cm³/mol. The third-order valence-electron chi connectivity index (χ3n) is 6.80. The Morgan fingerprint density at radius 1 is 1.03 bits per heavy atom. The van der Waals surface area contributed by atoms with Gasteiger partial charge < -0.3 is 16.0 Å². The third-order valence-corrected chi connectivity index (χ3v) is 8.01. The second kappa shape index (κ2) is 6.79. The molecule has 2 aromatic carbocycles. The number of anilines is 1. The average Bonchev–Trinajstić information content (AvgIpc) is 3.32. The molecule has 3 heterocycles. The summed E-state index contributed by atoms with van der Waals surface area (Å²) >= 11 is 1.86. The van der Waals surface area contributed by atoms with Gasteiger partial charge in [-0.25, -0.2) is 0 Å². The molecule has 2 aromatic rings. The molecule has 31 heavy (non-hydrogen) atoms. The zero-order chi connectivity index (χ0) is 21.2. The van der Waals surface area contributed by atoms with Gasteiger partial charge in [0.25, 0.3) is 0 Å². The highest BCUT2D eigenvalue weighted by Crippen LogP contribution is 2.52. The van der Waals surface area contributed by atoms with Crippen LogP contribution in [0.5, 0.6) is 0 Å². The summed E-state index contributed by atoms with van der Waals surface area (Å²) < 4.78 is 0.